The van der Waals surface area contributed by atoms with Crippen LogP contribution in [0.4, 0.5) is 0 Å². The summed E-state index contributed by atoms with van der Waals surface area (Å²) in [7, 11) is 0. The molecule has 0 radical (unpaired) electrons. The third kappa shape index (κ3) is 9.37. The van der Waals surface area contributed by atoms with Gasteiger partial charge in [-0.05, 0) is 10.1 Å². The summed E-state index contributed by atoms with van der Waals surface area (Å²) in [4.78, 5) is 3.31. The Morgan fingerprint density at radius 3 is 2.78 bits per heavy atom. The van der Waals surface area contributed by atoms with Gasteiger partial charge in [0.15, 0.2) is 0 Å². The van der Waals surface area contributed by atoms with Crippen LogP contribution in [0, 0.1) is 11.5 Å². The monoisotopic (exact) mass is 184 g/mol. The number of thioether (sulfide) groups is 1. The van der Waals surface area contributed by atoms with E-state index in [4.69, 9.17) is 5.26 Å². The van der Waals surface area contributed by atoms with Crippen LogP contribution >= 0.6 is 11.8 Å². The maximum absolute atomic E-state index is 7.95. The first kappa shape index (κ1) is 13.0. The molecule has 0 fully saturated rings. The van der Waals surface area contributed by atoms with Gasteiger partial charge >= 0.3 is 51.4 Å². The van der Waals surface area contributed by atoms with Crippen LogP contribution in [0.5, 0.6) is 0 Å². The van der Waals surface area contributed by atoms with Gasteiger partial charge in [-0.1, -0.05) is 6.92 Å². The average Bonchev–Trinajstić information content (AvgIpc) is 1.68. The van der Waals surface area contributed by atoms with E-state index in [2.05, 4.69) is 17.6 Å². The minimum absolute atomic E-state index is 0. The van der Waals surface area contributed by atoms with E-state index in [-0.39, 0.29) is 51.4 Å². The van der Waals surface area contributed by atoms with E-state index in [1.165, 1.54) is 11.8 Å². The molecule has 0 atom stereocenters. The van der Waals surface area contributed by atoms with Crippen LogP contribution in [0.25, 0.3) is 0 Å². The van der Waals surface area contributed by atoms with Gasteiger partial charge in [-0.25, -0.2) is 0 Å². The summed E-state index contributed by atoms with van der Waals surface area (Å²) in [6.45, 7) is 1.96. The molecule has 0 aliphatic carbocycles. The van der Waals surface area contributed by atoms with Gasteiger partial charge in [0, 0.05) is 0 Å². The van der Waals surface area contributed by atoms with Crippen molar-refractivity contribution in [2.24, 2.45) is 4.99 Å². The molecule has 2 nitrogen and oxygen atoms in total. The van der Waals surface area contributed by atoms with Crippen molar-refractivity contribution >= 4 is 28.8 Å². The first-order chi connectivity index (χ1) is 3.81. The van der Waals surface area contributed by atoms with Crippen LogP contribution < -0.4 is 51.4 Å². The molecule has 0 aromatic carbocycles. The van der Waals surface area contributed by atoms with Crippen LogP contribution in [0.2, 0.25) is 0 Å². The Morgan fingerprint density at radius 2 is 2.44 bits per heavy atom. The zero-order chi connectivity index (χ0) is 6.41. The quantitative estimate of drug-likeness (QED) is 0.157. The molecule has 0 aromatic rings. The molecular formula is C4H5KN2S2. The van der Waals surface area contributed by atoms with Crippen molar-refractivity contribution in [2.45, 2.75) is 6.92 Å². The van der Waals surface area contributed by atoms with Gasteiger partial charge in [0.2, 0.25) is 6.19 Å². The molecule has 0 aromatic heterocycles. The molecule has 0 rings (SSSR count). The largest absolute Gasteiger partial charge is 1.00 e. The number of nitriles is 1. The number of hydrogen-bond acceptors (Lipinski definition) is 4. The molecule has 0 unspecified atom stereocenters. The summed E-state index contributed by atoms with van der Waals surface area (Å²) < 4.78 is 0.426. The molecule has 0 aliphatic heterocycles. The summed E-state index contributed by atoms with van der Waals surface area (Å²) in [5.74, 6) is 0.879. The Labute approximate surface area is 107 Å². The second kappa shape index (κ2) is 9.37. The molecule has 0 spiro atoms. The summed E-state index contributed by atoms with van der Waals surface area (Å²) in [6.07, 6.45) is 1.62. The fourth-order valence-electron chi connectivity index (χ4n) is 0.197. The Balaban J connectivity index is 0. The van der Waals surface area contributed by atoms with Crippen LogP contribution in [-0.4, -0.2) is 10.1 Å². The summed E-state index contributed by atoms with van der Waals surface area (Å²) in [5.41, 5.74) is 0. The predicted molar refractivity (Wildman–Crippen MR) is 38.5 cm³/mol. The van der Waals surface area contributed by atoms with Crippen molar-refractivity contribution in [1.29, 1.82) is 5.26 Å². The van der Waals surface area contributed by atoms with E-state index in [0.717, 1.165) is 5.75 Å². The molecule has 0 heterocycles. The van der Waals surface area contributed by atoms with Crippen molar-refractivity contribution in [1.82, 2.24) is 0 Å². The summed E-state index contributed by atoms with van der Waals surface area (Å²) in [5, 5.41) is 7.95. The molecule has 0 aliphatic rings. The molecule has 9 heavy (non-hydrogen) atoms. The maximum Gasteiger partial charge on any atom is 1.00 e. The second-order valence-electron chi connectivity index (χ2n) is 0.911. The van der Waals surface area contributed by atoms with E-state index in [0.29, 0.717) is 4.38 Å². The zero-order valence-corrected chi connectivity index (χ0v) is 10.2. The molecule has 44 valence electrons. The van der Waals surface area contributed by atoms with E-state index >= 15 is 0 Å². The summed E-state index contributed by atoms with van der Waals surface area (Å²) in [6, 6.07) is 0. The topological polar surface area (TPSA) is 36.1 Å². The first-order valence-electron chi connectivity index (χ1n) is 2.07. The van der Waals surface area contributed by atoms with Gasteiger partial charge in [-0.2, -0.15) is 10.3 Å². The molecule has 0 saturated carbocycles. The number of aliphatic imine (C=N–C) groups is 1. The normalized spacial score (nSPS) is 9.56. The SMILES string of the molecule is CCSC([S-])=NC#N.[K+]. The van der Waals surface area contributed by atoms with Crippen molar-refractivity contribution < 1.29 is 51.4 Å². The van der Waals surface area contributed by atoms with Gasteiger partial charge in [-0.3, -0.25) is 0 Å². The van der Waals surface area contributed by atoms with Gasteiger partial charge < -0.3 is 12.6 Å². The fraction of sp³-hybridized carbons (Fsp3) is 0.500. The molecule has 0 N–H and O–H groups in total. The molecule has 0 saturated heterocycles. The Hall–Kier alpha value is 1.37. The zero-order valence-electron chi connectivity index (χ0n) is 5.42. The van der Waals surface area contributed by atoms with E-state index in [9.17, 15) is 0 Å². The van der Waals surface area contributed by atoms with Crippen LogP contribution in [0.15, 0.2) is 4.99 Å². The number of nitrogens with zero attached hydrogens (tertiary/aromatic N) is 2. The van der Waals surface area contributed by atoms with Crippen molar-refractivity contribution in [3.05, 3.63) is 0 Å². The van der Waals surface area contributed by atoms with Gasteiger partial charge in [0.05, 0.1) is 0 Å². The van der Waals surface area contributed by atoms with Crippen molar-refractivity contribution in [3.8, 4) is 6.19 Å². The average molecular weight is 184 g/mol. The molecule has 5 heteroatoms. The van der Waals surface area contributed by atoms with Crippen LogP contribution in [0.1, 0.15) is 6.92 Å². The second-order valence-corrected chi connectivity index (χ2v) is 2.81. The number of hydrogen-bond donors (Lipinski definition) is 0. The van der Waals surface area contributed by atoms with E-state index in [1.807, 2.05) is 6.92 Å². The van der Waals surface area contributed by atoms with Crippen molar-refractivity contribution in [3.63, 3.8) is 0 Å². The third-order valence-electron chi connectivity index (χ3n) is 0.409. The Kier molecular flexibility index (Phi) is 13.5. The standard InChI is InChI=1S/C4H6N2S2.K/c1-2-8-4(7)6-3-5;/h2H2,1H3,(H,6,7);/q;+1/p-1. The number of rotatable bonds is 1. The van der Waals surface area contributed by atoms with E-state index < -0.39 is 0 Å². The fourth-order valence-corrected chi connectivity index (χ4v) is 0.943. The van der Waals surface area contributed by atoms with Crippen LogP contribution in [0.3, 0.4) is 0 Å². The molecular weight excluding hydrogens is 179 g/mol. The molecule has 0 bridgehead atoms. The van der Waals surface area contributed by atoms with Crippen LogP contribution in [-0.2, 0) is 12.6 Å². The summed E-state index contributed by atoms with van der Waals surface area (Å²) >= 11 is 6.02. The third-order valence-corrected chi connectivity index (χ3v) is 1.48. The van der Waals surface area contributed by atoms with Gasteiger partial charge in [0.1, 0.15) is 0 Å². The maximum atomic E-state index is 7.95. The Morgan fingerprint density at radius 1 is 1.89 bits per heavy atom. The Bertz CT molecular complexity index is 129. The van der Waals surface area contributed by atoms with Gasteiger partial charge in [-0.15, -0.1) is 11.8 Å². The van der Waals surface area contributed by atoms with Crippen molar-refractivity contribution in [2.75, 3.05) is 5.75 Å². The predicted octanol–water partition coefficient (Wildman–Crippen LogP) is -1.87. The van der Waals surface area contributed by atoms with E-state index in [1.54, 1.807) is 6.19 Å². The minimum atomic E-state index is 0. The van der Waals surface area contributed by atoms with Gasteiger partial charge in [0.25, 0.3) is 0 Å². The minimum Gasteiger partial charge on any atom is -0.752 e. The smallest absolute Gasteiger partial charge is 0.752 e. The first-order valence-corrected chi connectivity index (χ1v) is 3.47. The molecule has 0 amide bonds.